The molecular weight excluding hydrogens is 326 g/mol. The summed E-state index contributed by atoms with van der Waals surface area (Å²) in [6.07, 6.45) is 4.88. The van der Waals surface area contributed by atoms with Crippen LogP contribution in [0.15, 0.2) is 61.2 Å². The fraction of sp³-hybridized carbons (Fsp3) is 0.100. The monoisotopic (exact) mass is 343 g/mol. The van der Waals surface area contributed by atoms with Crippen LogP contribution in [0.3, 0.4) is 0 Å². The Hall–Kier alpha value is -3.54. The van der Waals surface area contributed by atoms with Crippen molar-refractivity contribution >= 4 is 22.4 Å². The van der Waals surface area contributed by atoms with Gasteiger partial charge in [0.1, 0.15) is 6.33 Å². The lowest BCUT2D eigenvalue weighted by Crippen LogP contribution is -2.13. The van der Waals surface area contributed by atoms with Crippen LogP contribution >= 0.6 is 0 Å². The highest BCUT2D eigenvalue weighted by molar-refractivity contribution is 6.12. The molecule has 128 valence electrons. The Morgan fingerprint density at radius 2 is 1.69 bits per heavy atom. The van der Waals surface area contributed by atoms with E-state index in [1.165, 1.54) is 0 Å². The van der Waals surface area contributed by atoms with E-state index < -0.39 is 0 Å². The standard InChI is InChI=1S/C20H17N5O/c1-13-14(2)25(12-23-13)20-21-10-16(11-22-20)24-19(26)18-9-5-7-15-6-3-4-8-17(15)18/h3-12H,1-2H3,(H,24,26). The van der Waals surface area contributed by atoms with Gasteiger partial charge in [0.2, 0.25) is 5.95 Å². The third-order valence-electron chi connectivity index (χ3n) is 4.40. The van der Waals surface area contributed by atoms with Gasteiger partial charge in [-0.3, -0.25) is 9.36 Å². The number of aromatic nitrogens is 4. The van der Waals surface area contributed by atoms with Crippen LogP contribution in [-0.2, 0) is 0 Å². The van der Waals surface area contributed by atoms with E-state index in [-0.39, 0.29) is 5.91 Å². The van der Waals surface area contributed by atoms with E-state index >= 15 is 0 Å². The summed E-state index contributed by atoms with van der Waals surface area (Å²) in [5.74, 6) is 0.332. The average Bonchev–Trinajstić information content (AvgIpc) is 3.01. The largest absolute Gasteiger partial charge is 0.319 e. The first-order valence-corrected chi connectivity index (χ1v) is 8.25. The Kier molecular flexibility index (Phi) is 3.93. The lowest BCUT2D eigenvalue weighted by Gasteiger charge is -2.09. The molecule has 0 spiro atoms. The maximum absolute atomic E-state index is 12.7. The number of aryl methyl sites for hydroxylation is 1. The molecule has 0 aliphatic carbocycles. The van der Waals surface area contributed by atoms with Gasteiger partial charge < -0.3 is 5.32 Å². The number of hydrogen-bond donors (Lipinski definition) is 1. The van der Waals surface area contributed by atoms with E-state index in [0.29, 0.717) is 17.2 Å². The maximum Gasteiger partial charge on any atom is 0.256 e. The summed E-state index contributed by atoms with van der Waals surface area (Å²) in [5.41, 5.74) is 3.08. The minimum atomic E-state index is -0.187. The molecule has 0 unspecified atom stereocenters. The summed E-state index contributed by atoms with van der Waals surface area (Å²) in [4.78, 5) is 25.6. The zero-order valence-electron chi connectivity index (χ0n) is 14.5. The van der Waals surface area contributed by atoms with Crippen molar-refractivity contribution in [2.24, 2.45) is 0 Å². The van der Waals surface area contributed by atoms with Crippen molar-refractivity contribution < 1.29 is 4.79 Å². The number of carbonyl (C=O) groups excluding carboxylic acids is 1. The predicted octanol–water partition coefficient (Wildman–Crippen LogP) is 3.68. The molecule has 2 aromatic carbocycles. The average molecular weight is 343 g/mol. The first-order chi connectivity index (χ1) is 12.6. The molecule has 0 bridgehead atoms. The van der Waals surface area contributed by atoms with E-state index in [9.17, 15) is 4.79 Å². The van der Waals surface area contributed by atoms with Crippen LogP contribution < -0.4 is 5.32 Å². The van der Waals surface area contributed by atoms with Crippen LogP contribution in [0.1, 0.15) is 21.7 Å². The molecule has 0 aliphatic rings. The maximum atomic E-state index is 12.7. The SMILES string of the molecule is Cc1ncn(-c2ncc(NC(=O)c3cccc4ccccc34)cn2)c1C. The highest BCUT2D eigenvalue weighted by Crippen LogP contribution is 2.20. The predicted molar refractivity (Wildman–Crippen MR) is 101 cm³/mol. The van der Waals surface area contributed by atoms with Gasteiger partial charge in [0.15, 0.2) is 0 Å². The van der Waals surface area contributed by atoms with E-state index in [0.717, 1.165) is 22.2 Å². The Bertz CT molecular complexity index is 1090. The van der Waals surface area contributed by atoms with Crippen molar-refractivity contribution in [2.45, 2.75) is 13.8 Å². The second kappa shape index (κ2) is 6.40. The summed E-state index contributed by atoms with van der Waals surface area (Å²) < 4.78 is 1.81. The smallest absolute Gasteiger partial charge is 0.256 e. The molecule has 0 aliphatic heterocycles. The fourth-order valence-electron chi connectivity index (χ4n) is 2.83. The first kappa shape index (κ1) is 16.0. The van der Waals surface area contributed by atoms with Crippen molar-refractivity contribution in [2.75, 3.05) is 5.32 Å². The Labute approximate surface area is 150 Å². The number of fused-ring (bicyclic) bond motifs is 1. The number of hydrogen-bond acceptors (Lipinski definition) is 4. The molecule has 0 atom stereocenters. The molecule has 6 heteroatoms. The third kappa shape index (κ3) is 2.82. The Balaban J connectivity index is 1.59. The van der Waals surface area contributed by atoms with Crippen molar-refractivity contribution in [1.29, 1.82) is 0 Å². The van der Waals surface area contributed by atoms with Gasteiger partial charge in [0.05, 0.1) is 23.8 Å². The number of rotatable bonds is 3. The lowest BCUT2D eigenvalue weighted by atomic mass is 10.0. The number of nitrogens with zero attached hydrogens (tertiary/aromatic N) is 4. The zero-order chi connectivity index (χ0) is 18.1. The molecule has 4 aromatic rings. The number of imidazole rings is 1. The van der Waals surface area contributed by atoms with Gasteiger partial charge in [0, 0.05) is 11.3 Å². The van der Waals surface area contributed by atoms with Crippen LogP contribution in [0, 0.1) is 13.8 Å². The van der Waals surface area contributed by atoms with Gasteiger partial charge >= 0.3 is 0 Å². The molecule has 4 rings (SSSR count). The molecule has 0 saturated heterocycles. The second-order valence-corrected chi connectivity index (χ2v) is 6.04. The van der Waals surface area contributed by atoms with Gasteiger partial charge in [0.25, 0.3) is 5.91 Å². The molecule has 1 amide bonds. The normalized spacial score (nSPS) is 10.8. The number of amides is 1. The van der Waals surface area contributed by atoms with Crippen molar-refractivity contribution in [3.63, 3.8) is 0 Å². The van der Waals surface area contributed by atoms with Crippen LogP contribution in [0.25, 0.3) is 16.7 Å². The minimum Gasteiger partial charge on any atom is -0.319 e. The summed E-state index contributed by atoms with van der Waals surface area (Å²) >= 11 is 0. The summed E-state index contributed by atoms with van der Waals surface area (Å²) in [5, 5.41) is 4.80. The quantitative estimate of drug-likeness (QED) is 0.616. The van der Waals surface area contributed by atoms with Gasteiger partial charge in [-0.1, -0.05) is 36.4 Å². The van der Waals surface area contributed by atoms with Crippen molar-refractivity contribution in [3.8, 4) is 5.95 Å². The lowest BCUT2D eigenvalue weighted by molar-refractivity contribution is 0.102. The van der Waals surface area contributed by atoms with E-state index in [4.69, 9.17) is 0 Å². The van der Waals surface area contributed by atoms with E-state index in [1.54, 1.807) is 18.7 Å². The number of anilines is 1. The minimum absolute atomic E-state index is 0.187. The van der Waals surface area contributed by atoms with Crippen LogP contribution in [0.4, 0.5) is 5.69 Å². The van der Waals surface area contributed by atoms with Gasteiger partial charge in [-0.05, 0) is 30.7 Å². The second-order valence-electron chi connectivity index (χ2n) is 6.04. The van der Waals surface area contributed by atoms with Crippen LogP contribution in [0.2, 0.25) is 0 Å². The van der Waals surface area contributed by atoms with Gasteiger partial charge in [-0.15, -0.1) is 0 Å². The molecule has 2 heterocycles. The highest BCUT2D eigenvalue weighted by Gasteiger charge is 2.11. The Morgan fingerprint density at radius 3 is 2.42 bits per heavy atom. The van der Waals surface area contributed by atoms with Gasteiger partial charge in [-0.2, -0.15) is 0 Å². The zero-order valence-corrected chi connectivity index (χ0v) is 14.5. The Morgan fingerprint density at radius 1 is 0.962 bits per heavy atom. The highest BCUT2D eigenvalue weighted by atomic mass is 16.1. The summed E-state index contributed by atoms with van der Waals surface area (Å²) in [7, 11) is 0. The number of benzene rings is 2. The van der Waals surface area contributed by atoms with Crippen LogP contribution in [0.5, 0.6) is 0 Å². The first-order valence-electron chi connectivity index (χ1n) is 8.25. The number of nitrogens with one attached hydrogen (secondary N) is 1. The van der Waals surface area contributed by atoms with E-state index in [2.05, 4.69) is 20.3 Å². The molecular formula is C20H17N5O. The van der Waals surface area contributed by atoms with Crippen molar-refractivity contribution in [3.05, 3.63) is 78.1 Å². The number of carbonyl (C=O) groups is 1. The van der Waals surface area contributed by atoms with Crippen molar-refractivity contribution in [1.82, 2.24) is 19.5 Å². The molecule has 0 saturated carbocycles. The summed E-state index contributed by atoms with van der Waals surface area (Å²) in [6.45, 7) is 3.90. The molecule has 0 fully saturated rings. The van der Waals surface area contributed by atoms with Gasteiger partial charge in [-0.25, -0.2) is 15.0 Å². The topological polar surface area (TPSA) is 72.7 Å². The van der Waals surface area contributed by atoms with Crippen LogP contribution in [-0.4, -0.2) is 25.4 Å². The summed E-state index contributed by atoms with van der Waals surface area (Å²) in [6, 6.07) is 13.5. The third-order valence-corrected chi connectivity index (χ3v) is 4.40. The molecule has 2 aromatic heterocycles. The molecule has 0 radical (unpaired) electrons. The fourth-order valence-corrected chi connectivity index (χ4v) is 2.83. The molecule has 6 nitrogen and oxygen atoms in total. The van der Waals surface area contributed by atoms with E-state index in [1.807, 2.05) is 60.9 Å². The molecule has 26 heavy (non-hydrogen) atoms. The molecule has 1 N–H and O–H groups in total.